The van der Waals surface area contributed by atoms with E-state index in [1.54, 1.807) is 6.20 Å². The van der Waals surface area contributed by atoms with Crippen LogP contribution in [-0.4, -0.2) is 62.2 Å². The van der Waals surface area contributed by atoms with Gasteiger partial charge in [-0.15, -0.1) is 11.3 Å². The average Bonchev–Trinajstić information content (AvgIpc) is 2.80. The van der Waals surface area contributed by atoms with Crippen LogP contribution in [0, 0.1) is 6.92 Å². The first-order chi connectivity index (χ1) is 9.56. The Hall–Kier alpha value is -1.51. The van der Waals surface area contributed by atoms with Crippen LogP contribution in [0.4, 0.5) is 5.13 Å². The van der Waals surface area contributed by atoms with Crippen LogP contribution < -0.4 is 5.32 Å². The molecule has 1 rings (SSSR count). The highest BCUT2D eigenvalue weighted by molar-refractivity contribution is 7.15. The third kappa shape index (κ3) is 5.64. The summed E-state index contributed by atoms with van der Waals surface area (Å²) in [4.78, 5) is 30.1. The molecule has 0 unspecified atom stereocenters. The van der Waals surface area contributed by atoms with E-state index in [0.717, 1.165) is 4.88 Å². The molecule has 0 bridgehead atoms. The summed E-state index contributed by atoms with van der Waals surface area (Å²) in [5, 5.41) is 3.19. The van der Waals surface area contributed by atoms with Crippen LogP contribution in [0.5, 0.6) is 0 Å². The Bertz CT molecular complexity index is 450. The third-order valence-electron chi connectivity index (χ3n) is 2.39. The normalized spacial score (nSPS) is 10.3. The lowest BCUT2D eigenvalue weighted by Crippen LogP contribution is -2.41. The van der Waals surface area contributed by atoms with Crippen molar-refractivity contribution in [2.45, 2.75) is 6.92 Å². The number of rotatable bonds is 8. The zero-order chi connectivity index (χ0) is 15.0. The minimum atomic E-state index is -0.292. The molecule has 0 saturated carbocycles. The monoisotopic (exact) mass is 301 g/mol. The number of aromatic nitrogens is 1. The number of anilines is 1. The zero-order valence-electron chi connectivity index (χ0n) is 11.8. The number of amides is 2. The molecule has 0 aromatic carbocycles. The first-order valence-electron chi connectivity index (χ1n) is 6.04. The highest BCUT2D eigenvalue weighted by atomic mass is 32.1. The van der Waals surface area contributed by atoms with E-state index in [2.05, 4.69) is 10.3 Å². The second-order valence-electron chi connectivity index (χ2n) is 4.07. The third-order valence-corrected chi connectivity index (χ3v) is 3.22. The van der Waals surface area contributed by atoms with Crippen molar-refractivity contribution in [1.29, 1.82) is 0 Å². The lowest BCUT2D eigenvalue weighted by molar-refractivity contribution is -0.138. The van der Waals surface area contributed by atoms with Gasteiger partial charge in [0.25, 0.3) is 0 Å². The molecule has 0 saturated heterocycles. The highest BCUT2D eigenvalue weighted by Crippen LogP contribution is 2.16. The van der Waals surface area contributed by atoms with E-state index < -0.39 is 0 Å². The van der Waals surface area contributed by atoms with Gasteiger partial charge in [-0.3, -0.25) is 9.59 Å². The zero-order valence-corrected chi connectivity index (χ0v) is 12.7. The van der Waals surface area contributed by atoms with E-state index in [4.69, 9.17) is 9.47 Å². The second kappa shape index (κ2) is 8.62. The lowest BCUT2D eigenvalue weighted by Gasteiger charge is -2.21. The Kier molecular flexibility index (Phi) is 7.13. The average molecular weight is 301 g/mol. The fourth-order valence-electron chi connectivity index (χ4n) is 1.45. The largest absolute Gasteiger partial charge is 0.383 e. The van der Waals surface area contributed by atoms with E-state index in [9.17, 15) is 9.59 Å². The first kappa shape index (κ1) is 16.5. The molecular formula is C12H19N3O4S. The van der Waals surface area contributed by atoms with Gasteiger partial charge in [-0.25, -0.2) is 4.98 Å². The van der Waals surface area contributed by atoms with Crippen LogP contribution in [0.2, 0.25) is 0 Å². The number of hydrogen-bond donors (Lipinski definition) is 1. The molecule has 1 aromatic rings. The summed E-state index contributed by atoms with van der Waals surface area (Å²) in [6, 6.07) is 0. The van der Waals surface area contributed by atoms with Gasteiger partial charge in [0.05, 0.1) is 6.61 Å². The van der Waals surface area contributed by atoms with Crippen molar-refractivity contribution in [2.24, 2.45) is 0 Å². The summed E-state index contributed by atoms with van der Waals surface area (Å²) in [6.07, 6.45) is 1.68. The molecule has 0 aliphatic rings. The van der Waals surface area contributed by atoms with Crippen molar-refractivity contribution < 1.29 is 19.1 Å². The Morgan fingerprint density at radius 1 is 1.40 bits per heavy atom. The van der Waals surface area contributed by atoms with Crippen molar-refractivity contribution in [2.75, 3.05) is 45.8 Å². The van der Waals surface area contributed by atoms with Crippen LogP contribution in [0.1, 0.15) is 4.88 Å². The summed E-state index contributed by atoms with van der Waals surface area (Å²) >= 11 is 1.38. The SMILES string of the molecule is COCCN(CC(=O)Nc1ncc(C)s1)C(=O)COC. The molecule has 2 amide bonds. The van der Waals surface area contributed by atoms with E-state index in [-0.39, 0.29) is 25.0 Å². The van der Waals surface area contributed by atoms with Crippen LogP contribution >= 0.6 is 11.3 Å². The van der Waals surface area contributed by atoms with Gasteiger partial charge < -0.3 is 19.7 Å². The molecule has 0 atom stereocenters. The second-order valence-corrected chi connectivity index (χ2v) is 5.30. The smallest absolute Gasteiger partial charge is 0.249 e. The number of thiazole rings is 1. The maximum Gasteiger partial charge on any atom is 0.249 e. The molecule has 1 aromatic heterocycles. The number of aryl methyl sites for hydroxylation is 1. The molecule has 112 valence electrons. The molecule has 7 nitrogen and oxygen atoms in total. The van der Waals surface area contributed by atoms with E-state index in [1.165, 1.54) is 30.5 Å². The number of nitrogens with zero attached hydrogens (tertiary/aromatic N) is 2. The first-order valence-corrected chi connectivity index (χ1v) is 6.86. The number of carbonyl (C=O) groups is 2. The number of carbonyl (C=O) groups excluding carboxylic acids is 2. The lowest BCUT2D eigenvalue weighted by atomic mass is 10.4. The van der Waals surface area contributed by atoms with Gasteiger partial charge in [0.2, 0.25) is 11.8 Å². The van der Waals surface area contributed by atoms with E-state index >= 15 is 0 Å². The van der Waals surface area contributed by atoms with Gasteiger partial charge in [0.1, 0.15) is 13.2 Å². The fourth-order valence-corrected chi connectivity index (χ4v) is 2.13. The van der Waals surface area contributed by atoms with Crippen molar-refractivity contribution in [3.63, 3.8) is 0 Å². The summed E-state index contributed by atoms with van der Waals surface area (Å²) in [6.45, 7) is 2.49. The van der Waals surface area contributed by atoms with Gasteiger partial charge in [-0.05, 0) is 6.92 Å². The Labute approximate surface area is 121 Å². The van der Waals surface area contributed by atoms with Gasteiger partial charge in [-0.1, -0.05) is 0 Å². The molecular weight excluding hydrogens is 282 g/mol. The van der Waals surface area contributed by atoms with Gasteiger partial charge in [0, 0.05) is 31.8 Å². The minimum Gasteiger partial charge on any atom is -0.383 e. The molecule has 8 heteroatoms. The quantitative estimate of drug-likeness (QED) is 0.757. The maximum atomic E-state index is 11.9. The summed E-state index contributed by atoms with van der Waals surface area (Å²) in [5.41, 5.74) is 0. The standard InChI is InChI=1S/C12H19N3O4S/c1-9-6-13-12(20-9)14-10(16)7-15(4-5-18-2)11(17)8-19-3/h6H,4-5,7-8H2,1-3H3,(H,13,14,16). The summed E-state index contributed by atoms with van der Waals surface area (Å²) < 4.78 is 9.72. The molecule has 0 radical (unpaired) electrons. The Morgan fingerprint density at radius 2 is 2.15 bits per heavy atom. The van der Waals surface area contributed by atoms with Crippen LogP contribution in [0.25, 0.3) is 0 Å². The van der Waals surface area contributed by atoms with E-state index in [1.807, 2.05) is 6.92 Å². The molecule has 0 aliphatic carbocycles. The van der Waals surface area contributed by atoms with Crippen LogP contribution in [0.3, 0.4) is 0 Å². The van der Waals surface area contributed by atoms with Gasteiger partial charge in [0.15, 0.2) is 5.13 Å². The molecule has 0 fully saturated rings. The molecule has 1 N–H and O–H groups in total. The van der Waals surface area contributed by atoms with Crippen LogP contribution in [0.15, 0.2) is 6.20 Å². The van der Waals surface area contributed by atoms with E-state index in [0.29, 0.717) is 18.3 Å². The van der Waals surface area contributed by atoms with Crippen LogP contribution in [-0.2, 0) is 19.1 Å². The predicted octanol–water partition coefficient (Wildman–Crippen LogP) is 0.511. The topological polar surface area (TPSA) is 80.8 Å². The van der Waals surface area contributed by atoms with Crippen molar-refractivity contribution in [3.8, 4) is 0 Å². The van der Waals surface area contributed by atoms with Crippen molar-refractivity contribution >= 4 is 28.3 Å². The summed E-state index contributed by atoms with van der Waals surface area (Å²) in [7, 11) is 2.97. The molecule has 0 aliphatic heterocycles. The van der Waals surface area contributed by atoms with Gasteiger partial charge >= 0.3 is 0 Å². The molecule has 0 spiro atoms. The van der Waals surface area contributed by atoms with Crippen molar-refractivity contribution in [1.82, 2.24) is 9.88 Å². The van der Waals surface area contributed by atoms with Crippen molar-refractivity contribution in [3.05, 3.63) is 11.1 Å². The summed E-state index contributed by atoms with van der Waals surface area (Å²) in [5.74, 6) is -0.546. The highest BCUT2D eigenvalue weighted by Gasteiger charge is 2.17. The number of ether oxygens (including phenoxy) is 2. The number of nitrogens with one attached hydrogen (secondary N) is 1. The van der Waals surface area contributed by atoms with Gasteiger partial charge in [-0.2, -0.15) is 0 Å². The minimum absolute atomic E-state index is 0.0514. The number of hydrogen-bond acceptors (Lipinski definition) is 6. The molecule has 20 heavy (non-hydrogen) atoms. The Morgan fingerprint density at radius 3 is 2.70 bits per heavy atom. The fraction of sp³-hybridized carbons (Fsp3) is 0.583. The predicted molar refractivity (Wildman–Crippen MR) is 75.8 cm³/mol. The number of methoxy groups -OCH3 is 2. The Balaban J connectivity index is 2.54. The molecule has 1 heterocycles. The maximum absolute atomic E-state index is 11.9.